The molecule has 2 aliphatic rings. The van der Waals surface area contributed by atoms with E-state index in [1.54, 1.807) is 19.1 Å². The Morgan fingerprint density at radius 2 is 1.62 bits per heavy atom. The van der Waals surface area contributed by atoms with E-state index in [4.69, 9.17) is 0 Å². The van der Waals surface area contributed by atoms with E-state index in [1.807, 2.05) is 0 Å². The maximum absolute atomic E-state index is 13.8. The molecule has 2 aromatic carbocycles. The number of aliphatic hydroxyl groups is 1. The molecule has 0 spiro atoms. The first-order valence-electron chi connectivity index (χ1n) is 12.8. The van der Waals surface area contributed by atoms with Crippen molar-refractivity contribution >= 4 is 21.6 Å². The van der Waals surface area contributed by atoms with E-state index in [0.29, 0.717) is 18.1 Å². The van der Waals surface area contributed by atoms with Crippen molar-refractivity contribution in [3.8, 4) is 0 Å². The van der Waals surface area contributed by atoms with Gasteiger partial charge in [-0.05, 0) is 68.7 Å². The van der Waals surface area contributed by atoms with Crippen molar-refractivity contribution in [2.75, 3.05) is 4.31 Å². The minimum absolute atomic E-state index is 0.0352. The molecular formula is C27H30F6N2O4S. The van der Waals surface area contributed by atoms with Crippen LogP contribution in [-0.4, -0.2) is 43.9 Å². The number of carbonyl (C=O) groups excluding carboxylic acids is 1. The Balaban J connectivity index is 1.76. The molecular weight excluding hydrogens is 562 g/mol. The van der Waals surface area contributed by atoms with Gasteiger partial charge in [-0.3, -0.25) is 9.10 Å². The summed E-state index contributed by atoms with van der Waals surface area (Å²) in [4.78, 5) is 12.8. The number of sulfonamides is 1. The predicted molar refractivity (Wildman–Crippen MR) is 135 cm³/mol. The molecule has 0 aromatic heterocycles. The first kappa shape index (κ1) is 30.2. The average molecular weight is 593 g/mol. The summed E-state index contributed by atoms with van der Waals surface area (Å²) in [5, 5.41) is 12.8. The van der Waals surface area contributed by atoms with Gasteiger partial charge in [-0.15, -0.1) is 0 Å². The number of nitrogens with one attached hydrogen (secondary N) is 1. The zero-order valence-electron chi connectivity index (χ0n) is 21.8. The molecule has 6 nitrogen and oxygen atoms in total. The summed E-state index contributed by atoms with van der Waals surface area (Å²) in [6.45, 7) is 3.81. The van der Waals surface area contributed by atoms with E-state index in [2.05, 4.69) is 12.2 Å². The SMILES string of the molecule is Cc1ccc(S(=O)(=O)N2c3ccc(C(O)(C(F)(F)F)C(F)(F)F)cc3CC[C@H]2CC(=O)N[C@@H]2CC[C@@H](C)C2)cc1. The van der Waals surface area contributed by atoms with Gasteiger partial charge in [-0.1, -0.05) is 36.8 Å². The minimum atomic E-state index is -6.08. The molecule has 220 valence electrons. The zero-order valence-corrected chi connectivity index (χ0v) is 22.6. The number of nitrogens with zero attached hydrogens (tertiary/aromatic N) is 1. The maximum atomic E-state index is 13.8. The Kier molecular flexibility index (Phi) is 7.96. The number of benzene rings is 2. The van der Waals surface area contributed by atoms with E-state index < -0.39 is 45.5 Å². The van der Waals surface area contributed by atoms with Crippen molar-refractivity contribution in [2.45, 2.75) is 87.3 Å². The van der Waals surface area contributed by atoms with E-state index in [1.165, 1.54) is 12.1 Å². The highest BCUT2D eigenvalue weighted by Gasteiger charge is 2.71. The fraction of sp³-hybridized carbons (Fsp3) is 0.519. The summed E-state index contributed by atoms with van der Waals surface area (Å²) in [5.41, 5.74) is -6.12. The van der Waals surface area contributed by atoms with Gasteiger partial charge in [0, 0.05) is 18.0 Å². The second-order valence-corrected chi connectivity index (χ2v) is 12.6. The molecule has 2 N–H and O–H groups in total. The monoisotopic (exact) mass is 592 g/mol. The van der Waals surface area contributed by atoms with Crippen molar-refractivity contribution in [1.29, 1.82) is 0 Å². The van der Waals surface area contributed by atoms with E-state index >= 15 is 0 Å². The average Bonchev–Trinajstić information content (AvgIpc) is 3.25. The molecule has 3 atom stereocenters. The lowest BCUT2D eigenvalue weighted by Gasteiger charge is -2.39. The van der Waals surface area contributed by atoms with Crippen LogP contribution in [0.25, 0.3) is 0 Å². The second-order valence-electron chi connectivity index (χ2n) is 10.7. The summed E-state index contributed by atoms with van der Waals surface area (Å²) < 4.78 is 110. The quantitative estimate of drug-likeness (QED) is 0.433. The molecule has 0 bridgehead atoms. The third-order valence-electron chi connectivity index (χ3n) is 7.69. The lowest BCUT2D eigenvalue weighted by molar-refractivity contribution is -0.376. The number of aryl methyl sites for hydroxylation is 2. The lowest BCUT2D eigenvalue weighted by atomic mass is 9.87. The number of anilines is 1. The molecule has 1 heterocycles. The summed E-state index contributed by atoms with van der Waals surface area (Å²) in [6, 6.07) is 6.61. The summed E-state index contributed by atoms with van der Waals surface area (Å²) >= 11 is 0. The molecule has 4 rings (SSSR count). The molecule has 1 aliphatic carbocycles. The molecule has 13 heteroatoms. The highest BCUT2D eigenvalue weighted by molar-refractivity contribution is 7.92. The highest BCUT2D eigenvalue weighted by Crippen LogP contribution is 2.51. The van der Waals surface area contributed by atoms with Gasteiger partial charge in [-0.2, -0.15) is 26.3 Å². The molecule has 1 saturated carbocycles. The van der Waals surface area contributed by atoms with Crippen LogP contribution in [0, 0.1) is 12.8 Å². The number of hydrogen-bond acceptors (Lipinski definition) is 4. The van der Waals surface area contributed by atoms with Crippen molar-refractivity contribution in [1.82, 2.24) is 5.32 Å². The normalized spacial score (nSPS) is 22.2. The molecule has 2 aromatic rings. The summed E-state index contributed by atoms with van der Waals surface area (Å²) in [6.07, 6.45) is -10.0. The first-order chi connectivity index (χ1) is 18.4. The number of carbonyl (C=O) groups is 1. The van der Waals surface area contributed by atoms with Gasteiger partial charge in [0.25, 0.3) is 15.6 Å². The van der Waals surface area contributed by atoms with E-state index in [9.17, 15) is 44.7 Å². The van der Waals surface area contributed by atoms with Crippen LogP contribution in [0.5, 0.6) is 0 Å². The molecule has 0 saturated heterocycles. The van der Waals surface area contributed by atoms with E-state index in [-0.39, 0.29) is 41.5 Å². The third kappa shape index (κ3) is 5.54. The van der Waals surface area contributed by atoms with Crippen LogP contribution in [0.4, 0.5) is 32.0 Å². The van der Waals surface area contributed by atoms with Crippen molar-refractivity contribution in [3.63, 3.8) is 0 Å². The molecule has 0 radical (unpaired) electrons. The van der Waals surface area contributed by atoms with Gasteiger partial charge in [0.05, 0.1) is 16.6 Å². The van der Waals surface area contributed by atoms with Crippen LogP contribution in [0.3, 0.4) is 0 Å². The summed E-state index contributed by atoms with van der Waals surface area (Å²) in [7, 11) is -4.38. The second kappa shape index (κ2) is 10.6. The molecule has 1 aliphatic heterocycles. The fourth-order valence-corrected chi connectivity index (χ4v) is 7.24. The number of rotatable bonds is 6. The van der Waals surface area contributed by atoms with Crippen LogP contribution in [0.2, 0.25) is 0 Å². The topological polar surface area (TPSA) is 86.7 Å². The third-order valence-corrected chi connectivity index (χ3v) is 9.57. The minimum Gasteiger partial charge on any atom is -0.369 e. The molecule has 1 amide bonds. The number of hydrogen-bond donors (Lipinski definition) is 2. The Morgan fingerprint density at radius 1 is 1.00 bits per heavy atom. The van der Waals surface area contributed by atoms with Gasteiger partial charge < -0.3 is 10.4 Å². The Labute approximate surface area is 228 Å². The van der Waals surface area contributed by atoms with Crippen LogP contribution in [0.1, 0.15) is 55.7 Å². The standard InChI is InChI=1S/C27H30F6N2O4S/c1-16-4-10-22(11-5-16)40(38,39)35-21(15-24(36)34-20-8-3-17(2)13-20)9-6-18-14-19(7-12-23(18)35)25(37,26(28,29)30)27(31,32)33/h4-5,7,10-12,14,17,20-21,37H,3,6,8-9,13,15H2,1-2H3,(H,34,36)/t17-,20-,21+/m1/s1. The highest BCUT2D eigenvalue weighted by atomic mass is 32.2. The fourth-order valence-electron chi connectivity index (χ4n) is 5.52. The number of alkyl halides is 6. The number of amides is 1. The molecule has 40 heavy (non-hydrogen) atoms. The van der Waals surface area contributed by atoms with Gasteiger partial charge in [-0.25, -0.2) is 8.42 Å². The van der Waals surface area contributed by atoms with Crippen molar-refractivity contribution in [2.24, 2.45) is 5.92 Å². The maximum Gasteiger partial charge on any atom is 0.430 e. The van der Waals surface area contributed by atoms with E-state index in [0.717, 1.165) is 35.2 Å². The smallest absolute Gasteiger partial charge is 0.369 e. The predicted octanol–water partition coefficient (Wildman–Crippen LogP) is 5.51. The zero-order chi connectivity index (χ0) is 29.7. The molecule has 1 fully saturated rings. The van der Waals surface area contributed by atoms with Gasteiger partial charge in [0.15, 0.2) is 0 Å². The number of halogens is 6. The van der Waals surface area contributed by atoms with Crippen LogP contribution < -0.4 is 9.62 Å². The van der Waals surface area contributed by atoms with Gasteiger partial charge in [0.1, 0.15) is 0 Å². The Bertz CT molecular complexity index is 1340. The largest absolute Gasteiger partial charge is 0.430 e. The molecule has 0 unspecified atom stereocenters. The Hall–Kier alpha value is -2.80. The lowest BCUT2D eigenvalue weighted by Crippen LogP contribution is -2.54. The van der Waals surface area contributed by atoms with Gasteiger partial charge in [0.2, 0.25) is 5.91 Å². The van der Waals surface area contributed by atoms with Crippen molar-refractivity contribution < 1.29 is 44.7 Å². The van der Waals surface area contributed by atoms with Crippen LogP contribution in [-0.2, 0) is 26.8 Å². The van der Waals surface area contributed by atoms with Crippen LogP contribution >= 0.6 is 0 Å². The Morgan fingerprint density at radius 3 is 2.17 bits per heavy atom. The number of fused-ring (bicyclic) bond motifs is 1. The summed E-state index contributed by atoms with van der Waals surface area (Å²) in [5.74, 6) is 0.0447. The first-order valence-corrected chi connectivity index (χ1v) is 14.3. The van der Waals surface area contributed by atoms with Crippen molar-refractivity contribution in [3.05, 3.63) is 59.2 Å². The van der Waals surface area contributed by atoms with Crippen LogP contribution in [0.15, 0.2) is 47.4 Å². The van der Waals surface area contributed by atoms with Gasteiger partial charge >= 0.3 is 12.4 Å².